The summed E-state index contributed by atoms with van der Waals surface area (Å²) in [6, 6.07) is 14.4. The van der Waals surface area contributed by atoms with Crippen molar-refractivity contribution in [2.45, 2.75) is 44.9 Å². The van der Waals surface area contributed by atoms with Gasteiger partial charge in [0, 0.05) is 34.6 Å². The first-order valence-electron chi connectivity index (χ1n) is 9.93. The van der Waals surface area contributed by atoms with Crippen molar-refractivity contribution in [1.82, 2.24) is 4.57 Å². The zero-order valence-electron chi connectivity index (χ0n) is 17.0. The molecule has 0 amide bonds. The molecule has 1 aromatic heterocycles. The molecule has 2 atom stereocenters. The van der Waals surface area contributed by atoms with Crippen LogP contribution in [0.1, 0.15) is 38.4 Å². The Labute approximate surface area is 239 Å². The van der Waals surface area contributed by atoms with E-state index < -0.39 is 24.6 Å². The molecule has 0 aliphatic heterocycles. The molecule has 2 unspecified atom stereocenters. The van der Waals surface area contributed by atoms with Gasteiger partial charge < -0.3 is 19.9 Å². The van der Waals surface area contributed by atoms with Crippen LogP contribution in [0.5, 0.6) is 0 Å². The van der Waals surface area contributed by atoms with Crippen LogP contribution in [0.15, 0.2) is 54.6 Å². The van der Waals surface area contributed by atoms with Gasteiger partial charge in [-0.05, 0) is 43.7 Å². The first kappa shape index (κ1) is 29.3. The number of nitrogens with zero attached hydrogens (tertiary/aromatic N) is 1. The third-order valence-electron chi connectivity index (χ3n) is 5.00. The second-order valence-corrected chi connectivity index (χ2v) is 7.66. The first-order chi connectivity index (χ1) is 14.3. The molecule has 3 aromatic rings. The van der Waals surface area contributed by atoms with Crippen molar-refractivity contribution in [2.75, 3.05) is 0 Å². The average Bonchev–Trinajstić information content (AvgIpc) is 3.00. The molecule has 3 rings (SSSR count). The van der Waals surface area contributed by atoms with Gasteiger partial charge in [-0.3, -0.25) is 4.79 Å². The van der Waals surface area contributed by atoms with Crippen LogP contribution in [0.25, 0.3) is 28.1 Å². The molecule has 0 fully saturated rings. The normalized spacial score (nSPS) is 13.1. The summed E-state index contributed by atoms with van der Waals surface area (Å²) >= 11 is 0. The summed E-state index contributed by atoms with van der Waals surface area (Å²) < 4.78 is 15.6. The average molecular weight is 478 g/mol. The molecule has 0 saturated carbocycles. The Bertz CT molecular complexity index is 1070. The van der Waals surface area contributed by atoms with Crippen molar-refractivity contribution in [2.24, 2.45) is 0 Å². The number of halogens is 1. The van der Waals surface area contributed by atoms with Crippen LogP contribution in [-0.4, -0.2) is 105 Å². The number of fused-ring (bicyclic) bond motifs is 1. The predicted molar refractivity (Wildman–Crippen MR) is 131 cm³/mol. The SMILES string of the molecule is CC(C)n1c(/C=C/C(O)CC(O)CC(=O)O)c(-c2ccc(F)cc2)c2ccccc21.[CaH2].[NaH]. The molecular weight excluding hydrogens is 448 g/mol. The van der Waals surface area contributed by atoms with Gasteiger partial charge in [0.1, 0.15) is 5.82 Å². The summed E-state index contributed by atoms with van der Waals surface area (Å²) in [5.41, 5.74) is 3.65. The summed E-state index contributed by atoms with van der Waals surface area (Å²) in [7, 11) is 0. The quantitative estimate of drug-likeness (QED) is 0.436. The number of aliphatic carboxylic acids is 1. The van der Waals surface area contributed by atoms with Crippen molar-refractivity contribution in [3.05, 3.63) is 66.1 Å². The van der Waals surface area contributed by atoms with Crippen molar-refractivity contribution in [3.8, 4) is 11.1 Å². The summed E-state index contributed by atoms with van der Waals surface area (Å²) in [5.74, 6) is -1.43. The number of aliphatic hydroxyl groups is 2. The molecule has 0 saturated heterocycles. The van der Waals surface area contributed by atoms with Crippen LogP contribution in [0.3, 0.4) is 0 Å². The van der Waals surface area contributed by atoms with Crippen molar-refractivity contribution in [3.63, 3.8) is 0 Å². The Balaban J connectivity index is 0.00000256. The molecule has 0 bridgehead atoms. The van der Waals surface area contributed by atoms with Gasteiger partial charge in [-0.15, -0.1) is 0 Å². The minimum atomic E-state index is -1.13. The van der Waals surface area contributed by atoms with Gasteiger partial charge in [-0.25, -0.2) is 4.39 Å². The van der Waals surface area contributed by atoms with E-state index in [2.05, 4.69) is 18.4 Å². The Morgan fingerprint density at radius 2 is 1.72 bits per heavy atom. The van der Waals surface area contributed by atoms with Crippen molar-refractivity contribution < 1.29 is 24.5 Å². The van der Waals surface area contributed by atoms with E-state index in [1.165, 1.54) is 12.1 Å². The molecule has 2 aromatic carbocycles. The fourth-order valence-corrected chi connectivity index (χ4v) is 3.77. The number of carboxylic acids is 1. The Kier molecular flexibility index (Phi) is 12.1. The van der Waals surface area contributed by atoms with Crippen molar-refractivity contribution in [1.29, 1.82) is 0 Å². The molecule has 5 nitrogen and oxygen atoms in total. The van der Waals surface area contributed by atoms with Crippen LogP contribution in [0.2, 0.25) is 0 Å². The van der Waals surface area contributed by atoms with Crippen LogP contribution < -0.4 is 0 Å². The van der Waals surface area contributed by atoms with Gasteiger partial charge >= 0.3 is 73.3 Å². The predicted octanol–water partition coefficient (Wildman–Crippen LogP) is 3.06. The number of rotatable bonds is 8. The van der Waals surface area contributed by atoms with Crippen LogP contribution in [-0.2, 0) is 4.79 Å². The van der Waals surface area contributed by atoms with Gasteiger partial charge in [0.2, 0.25) is 0 Å². The molecular formula is C24H29CaFNNaO4. The van der Waals surface area contributed by atoms with Gasteiger partial charge in [0.05, 0.1) is 18.6 Å². The molecule has 3 N–H and O–H groups in total. The van der Waals surface area contributed by atoms with E-state index >= 15 is 0 Å². The van der Waals surface area contributed by atoms with E-state index in [1.807, 2.05) is 24.3 Å². The molecule has 0 spiro atoms. The molecule has 0 radical (unpaired) electrons. The number of carbonyl (C=O) groups is 1. The Morgan fingerprint density at radius 3 is 2.31 bits per heavy atom. The van der Waals surface area contributed by atoms with Crippen LogP contribution in [0.4, 0.5) is 4.39 Å². The monoisotopic (exact) mass is 477 g/mol. The Hall–Kier alpha value is -0.700. The van der Waals surface area contributed by atoms with E-state index in [1.54, 1.807) is 24.3 Å². The summed E-state index contributed by atoms with van der Waals surface area (Å²) in [6.45, 7) is 4.12. The maximum absolute atomic E-state index is 13.5. The number of carboxylic acid groups (broad SMARTS) is 1. The van der Waals surface area contributed by atoms with E-state index in [0.717, 1.165) is 27.7 Å². The van der Waals surface area contributed by atoms with Gasteiger partial charge in [-0.2, -0.15) is 0 Å². The van der Waals surface area contributed by atoms with Gasteiger partial charge in [0.15, 0.2) is 0 Å². The van der Waals surface area contributed by atoms with Gasteiger partial charge in [-0.1, -0.05) is 36.4 Å². The molecule has 164 valence electrons. The summed E-state index contributed by atoms with van der Waals surface area (Å²) in [4.78, 5) is 10.7. The summed E-state index contributed by atoms with van der Waals surface area (Å²) in [5, 5.41) is 29.9. The topological polar surface area (TPSA) is 82.7 Å². The number of aromatic nitrogens is 1. The zero-order chi connectivity index (χ0) is 21.8. The maximum atomic E-state index is 13.5. The molecule has 0 aliphatic rings. The fourth-order valence-electron chi connectivity index (χ4n) is 3.77. The fraction of sp³-hybridized carbons (Fsp3) is 0.292. The van der Waals surface area contributed by atoms with E-state index in [4.69, 9.17) is 5.11 Å². The van der Waals surface area contributed by atoms with Crippen LogP contribution in [0, 0.1) is 5.82 Å². The van der Waals surface area contributed by atoms with Crippen LogP contribution >= 0.6 is 0 Å². The second kappa shape index (κ2) is 13.3. The third kappa shape index (κ3) is 7.15. The molecule has 1 heterocycles. The number of aliphatic hydroxyl groups excluding tert-OH is 2. The second-order valence-electron chi connectivity index (χ2n) is 7.66. The van der Waals surface area contributed by atoms with E-state index in [0.29, 0.717) is 0 Å². The Morgan fingerprint density at radius 1 is 1.09 bits per heavy atom. The van der Waals surface area contributed by atoms with E-state index in [9.17, 15) is 19.4 Å². The first-order valence-corrected chi connectivity index (χ1v) is 9.93. The zero-order valence-corrected chi connectivity index (χ0v) is 17.0. The van der Waals surface area contributed by atoms with Crippen molar-refractivity contribution >= 4 is 90.2 Å². The standard InChI is InChI=1S/C24H26FNO4.Ca.Na.3H/c1-15(2)26-21-6-4-3-5-20(21)24(16-7-9-17(25)10-8-16)22(26)12-11-18(27)13-19(28)14-23(29)30;;;;;/h3-12,15,18-19,27-28H,13-14H2,1-2H3,(H,29,30);;;;;/b12-11+;;;;;. The summed E-state index contributed by atoms with van der Waals surface area (Å²) in [6.07, 6.45) is 0.727. The number of benzene rings is 2. The molecule has 32 heavy (non-hydrogen) atoms. The minimum absolute atomic E-state index is 0. The third-order valence-corrected chi connectivity index (χ3v) is 5.00. The number of para-hydroxylation sites is 1. The molecule has 8 heteroatoms. The van der Waals surface area contributed by atoms with E-state index in [-0.39, 0.29) is 85.6 Å². The van der Waals surface area contributed by atoms with Gasteiger partial charge in [0.25, 0.3) is 0 Å². The number of hydrogen-bond donors (Lipinski definition) is 3. The molecule has 0 aliphatic carbocycles. The number of hydrogen-bond acceptors (Lipinski definition) is 3.